The minimum Gasteiger partial charge on any atom is -0.369 e. The highest BCUT2D eigenvalue weighted by Crippen LogP contribution is 2.29. The van der Waals surface area contributed by atoms with Crippen LogP contribution in [0.5, 0.6) is 0 Å². The van der Waals surface area contributed by atoms with Crippen LogP contribution in [-0.4, -0.2) is 49.4 Å². The summed E-state index contributed by atoms with van der Waals surface area (Å²) in [6.45, 7) is 5.78. The first kappa shape index (κ1) is 25.7. The molecule has 0 radical (unpaired) electrons. The third-order valence-electron chi connectivity index (χ3n) is 6.84. The zero-order valence-corrected chi connectivity index (χ0v) is 22.3. The molecule has 38 heavy (non-hydrogen) atoms. The number of rotatable bonds is 8. The Bertz CT molecular complexity index is 1350. The van der Waals surface area contributed by atoms with Gasteiger partial charge in [0.25, 0.3) is 5.91 Å². The number of carbonyl (C=O) groups excluding carboxylic acids is 2. The summed E-state index contributed by atoms with van der Waals surface area (Å²) in [5.41, 5.74) is 4.49. The van der Waals surface area contributed by atoms with Crippen molar-refractivity contribution in [3.63, 3.8) is 0 Å². The van der Waals surface area contributed by atoms with Crippen molar-refractivity contribution >= 4 is 34.5 Å². The van der Waals surface area contributed by atoms with Gasteiger partial charge < -0.3 is 15.5 Å². The number of nitrogens with zero attached hydrogens (tertiary/aromatic N) is 2. The number of benzene rings is 3. The van der Waals surface area contributed by atoms with Gasteiger partial charge >= 0.3 is 0 Å². The molecule has 6 nitrogen and oxygen atoms in total. The number of carbonyl (C=O) groups is 2. The van der Waals surface area contributed by atoms with Crippen molar-refractivity contribution in [2.24, 2.45) is 0 Å². The first-order valence-electron chi connectivity index (χ1n) is 13.0. The average Bonchev–Trinajstić information content (AvgIpc) is 3.50. The number of anilines is 2. The van der Waals surface area contributed by atoms with Crippen LogP contribution < -0.4 is 15.5 Å². The van der Waals surface area contributed by atoms with Crippen LogP contribution in [0, 0.1) is 0 Å². The Kier molecular flexibility index (Phi) is 8.16. The van der Waals surface area contributed by atoms with Crippen molar-refractivity contribution in [2.75, 3.05) is 42.9 Å². The maximum Gasteiger partial charge on any atom is 0.256 e. The van der Waals surface area contributed by atoms with Crippen molar-refractivity contribution in [1.82, 2.24) is 10.2 Å². The summed E-state index contributed by atoms with van der Waals surface area (Å²) in [5.74, 6) is -0.0689. The van der Waals surface area contributed by atoms with Crippen LogP contribution in [0.1, 0.15) is 28.9 Å². The second-order valence-corrected chi connectivity index (χ2v) is 10.2. The highest BCUT2D eigenvalue weighted by molar-refractivity contribution is 7.13. The second-order valence-electron chi connectivity index (χ2n) is 9.25. The number of piperazine rings is 1. The SMILES string of the molecule is CCNC(=O)C(c1ccccc1)N1CCN(c2ccc(NC(=O)c3ccccc3-c3cccs3)cc2)CC1. The molecular weight excluding hydrogens is 492 g/mol. The van der Waals surface area contributed by atoms with Gasteiger partial charge in [-0.2, -0.15) is 0 Å². The number of likely N-dealkylation sites (N-methyl/N-ethyl adjacent to an activating group) is 1. The minimum absolute atomic E-state index is 0.0490. The lowest BCUT2D eigenvalue weighted by Crippen LogP contribution is -2.51. The molecule has 4 aromatic rings. The van der Waals surface area contributed by atoms with Crippen molar-refractivity contribution < 1.29 is 9.59 Å². The molecule has 1 saturated heterocycles. The average molecular weight is 525 g/mol. The maximum atomic E-state index is 13.1. The summed E-state index contributed by atoms with van der Waals surface area (Å²) < 4.78 is 0. The number of hydrogen-bond acceptors (Lipinski definition) is 5. The summed E-state index contributed by atoms with van der Waals surface area (Å²) >= 11 is 1.62. The smallest absolute Gasteiger partial charge is 0.256 e. The number of amides is 2. The van der Waals surface area contributed by atoms with Gasteiger partial charge in [0.1, 0.15) is 6.04 Å². The molecule has 1 unspecified atom stereocenters. The fourth-order valence-electron chi connectivity index (χ4n) is 4.95. The third kappa shape index (κ3) is 5.79. The first-order chi connectivity index (χ1) is 18.6. The molecule has 7 heteroatoms. The van der Waals surface area contributed by atoms with E-state index in [0.29, 0.717) is 12.1 Å². The molecular formula is C31H32N4O2S. The zero-order chi connectivity index (χ0) is 26.3. The molecule has 0 spiro atoms. The van der Waals surface area contributed by atoms with Gasteiger partial charge in [0.2, 0.25) is 5.91 Å². The van der Waals surface area contributed by atoms with Gasteiger partial charge in [0, 0.05) is 60.1 Å². The molecule has 0 aliphatic carbocycles. The van der Waals surface area contributed by atoms with Crippen molar-refractivity contribution in [2.45, 2.75) is 13.0 Å². The molecule has 3 aromatic carbocycles. The van der Waals surface area contributed by atoms with Crippen LogP contribution in [0.4, 0.5) is 11.4 Å². The van der Waals surface area contributed by atoms with E-state index >= 15 is 0 Å². The lowest BCUT2D eigenvalue weighted by atomic mass is 10.0. The molecule has 194 valence electrons. The van der Waals surface area contributed by atoms with Gasteiger partial charge in [0.05, 0.1) is 0 Å². The molecule has 2 N–H and O–H groups in total. The molecule has 0 saturated carbocycles. The largest absolute Gasteiger partial charge is 0.369 e. The number of thiophene rings is 1. The Hall–Kier alpha value is -3.94. The first-order valence-corrected chi connectivity index (χ1v) is 13.9. The summed E-state index contributed by atoms with van der Waals surface area (Å²) in [6, 6.07) is 29.4. The van der Waals surface area contributed by atoms with Crippen LogP contribution in [0.2, 0.25) is 0 Å². The minimum atomic E-state index is -0.284. The lowest BCUT2D eigenvalue weighted by Gasteiger charge is -2.39. The van der Waals surface area contributed by atoms with Crippen LogP contribution in [0.15, 0.2) is 96.4 Å². The van der Waals surface area contributed by atoms with Gasteiger partial charge in [-0.3, -0.25) is 14.5 Å². The van der Waals surface area contributed by atoms with Crippen molar-refractivity contribution in [3.05, 3.63) is 108 Å². The molecule has 1 fully saturated rings. The highest BCUT2D eigenvalue weighted by atomic mass is 32.1. The molecule has 1 aliphatic heterocycles. The quantitative estimate of drug-likeness (QED) is 0.312. The van der Waals surface area contributed by atoms with Crippen molar-refractivity contribution in [3.8, 4) is 10.4 Å². The molecule has 1 aromatic heterocycles. The van der Waals surface area contributed by atoms with E-state index in [1.165, 1.54) is 0 Å². The molecule has 2 heterocycles. The fraction of sp³-hybridized carbons (Fsp3) is 0.226. The van der Waals surface area contributed by atoms with Gasteiger partial charge in [0.15, 0.2) is 0 Å². The van der Waals surface area contributed by atoms with Crippen LogP contribution in [-0.2, 0) is 4.79 Å². The van der Waals surface area contributed by atoms with E-state index in [1.54, 1.807) is 11.3 Å². The van der Waals surface area contributed by atoms with Crippen molar-refractivity contribution in [1.29, 1.82) is 0 Å². The van der Waals surface area contributed by atoms with E-state index in [-0.39, 0.29) is 17.9 Å². The second kappa shape index (κ2) is 12.1. The van der Waals surface area contributed by atoms with Crippen LogP contribution >= 0.6 is 11.3 Å². The lowest BCUT2D eigenvalue weighted by molar-refractivity contribution is -0.126. The summed E-state index contributed by atoms with van der Waals surface area (Å²) in [6.07, 6.45) is 0. The third-order valence-corrected chi connectivity index (χ3v) is 7.75. The topological polar surface area (TPSA) is 64.7 Å². The van der Waals surface area contributed by atoms with E-state index in [4.69, 9.17) is 0 Å². The fourth-order valence-corrected chi connectivity index (χ4v) is 5.72. The molecule has 5 rings (SSSR count). The van der Waals surface area contributed by atoms with E-state index in [1.807, 2.05) is 91.2 Å². The van der Waals surface area contributed by atoms with E-state index < -0.39 is 0 Å². The van der Waals surface area contributed by atoms with E-state index in [9.17, 15) is 9.59 Å². The summed E-state index contributed by atoms with van der Waals surface area (Å²) in [5, 5.41) is 8.07. The molecule has 1 atom stereocenters. The molecule has 2 amide bonds. The highest BCUT2D eigenvalue weighted by Gasteiger charge is 2.30. The Morgan fingerprint density at radius 3 is 2.24 bits per heavy atom. The monoisotopic (exact) mass is 524 g/mol. The van der Waals surface area contributed by atoms with Gasteiger partial charge in [-0.1, -0.05) is 54.6 Å². The van der Waals surface area contributed by atoms with E-state index in [2.05, 4.69) is 32.6 Å². The predicted molar refractivity (Wildman–Crippen MR) is 156 cm³/mol. The normalized spacial score (nSPS) is 14.6. The van der Waals surface area contributed by atoms with E-state index in [0.717, 1.165) is 53.6 Å². The zero-order valence-electron chi connectivity index (χ0n) is 21.5. The Morgan fingerprint density at radius 2 is 1.55 bits per heavy atom. The Morgan fingerprint density at radius 1 is 0.842 bits per heavy atom. The summed E-state index contributed by atoms with van der Waals surface area (Å²) in [4.78, 5) is 31.7. The van der Waals surface area contributed by atoms with Gasteiger partial charge in [-0.25, -0.2) is 0 Å². The Balaban J connectivity index is 1.22. The van der Waals surface area contributed by atoms with Gasteiger partial charge in [-0.05, 0) is 54.3 Å². The van der Waals surface area contributed by atoms with Crippen LogP contribution in [0.3, 0.4) is 0 Å². The number of nitrogens with one attached hydrogen (secondary N) is 2. The Labute approximate surface area is 227 Å². The number of hydrogen-bond donors (Lipinski definition) is 2. The standard InChI is InChI=1S/C31H32N4O2S/c1-2-32-31(37)29(23-9-4-3-5-10-23)35-20-18-34(19-21-35)25-16-14-24(15-17-25)33-30(36)27-12-7-6-11-26(27)28-13-8-22-38-28/h3-17,22,29H,2,18-21H2,1H3,(H,32,37)(H,33,36). The predicted octanol–water partition coefficient (Wildman–Crippen LogP) is 5.67. The van der Waals surface area contributed by atoms with Gasteiger partial charge in [-0.15, -0.1) is 11.3 Å². The maximum absolute atomic E-state index is 13.1. The molecule has 1 aliphatic rings. The summed E-state index contributed by atoms with van der Waals surface area (Å²) in [7, 11) is 0. The molecule has 0 bridgehead atoms. The van der Waals surface area contributed by atoms with Crippen LogP contribution in [0.25, 0.3) is 10.4 Å².